The third-order valence-corrected chi connectivity index (χ3v) is 8.00. The van der Waals surface area contributed by atoms with E-state index in [1.54, 1.807) is 0 Å². The molecule has 2 aliphatic heterocycles. The molecule has 7 heteroatoms. The van der Waals surface area contributed by atoms with Crippen LogP contribution in [-0.4, -0.2) is 47.4 Å². The summed E-state index contributed by atoms with van der Waals surface area (Å²) in [5.74, 6) is -0.367. The number of hydrogen-bond acceptors (Lipinski definition) is 7. The molecule has 2 saturated heterocycles. The predicted octanol–water partition coefficient (Wildman–Crippen LogP) is 4.37. The molecule has 1 saturated carbocycles. The van der Waals surface area contributed by atoms with Gasteiger partial charge in [0.15, 0.2) is 0 Å². The zero-order valence-corrected chi connectivity index (χ0v) is 21.1. The lowest BCUT2D eigenvalue weighted by Gasteiger charge is -2.50. The first-order chi connectivity index (χ1) is 15.3. The van der Waals surface area contributed by atoms with E-state index in [0.29, 0.717) is 31.1 Å². The smallest absolute Gasteiger partial charge is 0.303 e. The first-order valence-electron chi connectivity index (χ1n) is 12.2. The van der Waals surface area contributed by atoms with Crippen LogP contribution in [0.15, 0.2) is 12.2 Å². The summed E-state index contributed by atoms with van der Waals surface area (Å²) in [6.07, 6.45) is 1.98. The molecule has 8 atom stereocenters. The predicted molar refractivity (Wildman–Crippen MR) is 122 cm³/mol. The largest absolute Gasteiger partial charge is 0.459 e. The monoisotopic (exact) mass is 464 g/mol. The van der Waals surface area contributed by atoms with Crippen molar-refractivity contribution >= 4 is 17.9 Å². The number of carbonyl (C=O) groups excluding carboxylic acids is 3. The molecule has 7 nitrogen and oxygen atoms in total. The zero-order chi connectivity index (χ0) is 24.7. The van der Waals surface area contributed by atoms with Gasteiger partial charge in [0.1, 0.15) is 23.4 Å². The Morgan fingerprint density at radius 3 is 2.09 bits per heavy atom. The minimum absolute atomic E-state index is 0.0514. The number of ether oxygens (including phenoxy) is 4. The molecular formula is C26H40O7. The van der Waals surface area contributed by atoms with Gasteiger partial charge in [0, 0.05) is 32.6 Å². The van der Waals surface area contributed by atoms with Crippen molar-refractivity contribution in [2.45, 2.75) is 110 Å². The van der Waals surface area contributed by atoms with Crippen molar-refractivity contribution in [2.24, 2.45) is 23.7 Å². The average molecular weight is 465 g/mol. The van der Waals surface area contributed by atoms with Crippen molar-refractivity contribution in [3.05, 3.63) is 12.2 Å². The van der Waals surface area contributed by atoms with Crippen molar-refractivity contribution < 1.29 is 33.3 Å². The molecule has 2 bridgehead atoms. The van der Waals surface area contributed by atoms with Gasteiger partial charge < -0.3 is 18.9 Å². The maximum Gasteiger partial charge on any atom is 0.303 e. The minimum atomic E-state index is -0.909. The molecule has 3 aliphatic rings. The van der Waals surface area contributed by atoms with Crippen molar-refractivity contribution in [1.29, 1.82) is 0 Å². The normalized spacial score (nSPS) is 40.8. The Morgan fingerprint density at radius 2 is 1.55 bits per heavy atom. The Kier molecular flexibility index (Phi) is 7.33. The van der Waals surface area contributed by atoms with E-state index >= 15 is 0 Å². The lowest BCUT2D eigenvalue weighted by molar-refractivity contribution is -0.182. The summed E-state index contributed by atoms with van der Waals surface area (Å²) in [5.41, 5.74) is -0.832. The molecule has 2 unspecified atom stereocenters. The van der Waals surface area contributed by atoms with Crippen LogP contribution in [0.1, 0.15) is 80.6 Å². The van der Waals surface area contributed by atoms with Crippen LogP contribution in [0, 0.1) is 23.7 Å². The van der Waals surface area contributed by atoms with Gasteiger partial charge in [-0.15, -0.1) is 0 Å². The molecule has 3 rings (SSSR count). The summed E-state index contributed by atoms with van der Waals surface area (Å²) >= 11 is 0. The molecule has 0 aromatic rings. The molecule has 186 valence electrons. The van der Waals surface area contributed by atoms with Gasteiger partial charge in [-0.05, 0) is 63.4 Å². The Labute approximate surface area is 197 Å². The highest BCUT2D eigenvalue weighted by Crippen LogP contribution is 2.58. The van der Waals surface area contributed by atoms with Crippen molar-refractivity contribution in [3.8, 4) is 0 Å². The number of rotatable bonds is 4. The highest BCUT2D eigenvalue weighted by Gasteiger charge is 2.64. The molecule has 0 N–H and O–H groups in total. The molecule has 0 spiro atoms. The van der Waals surface area contributed by atoms with Gasteiger partial charge in [-0.2, -0.15) is 0 Å². The Morgan fingerprint density at radius 1 is 0.970 bits per heavy atom. The maximum absolute atomic E-state index is 12.2. The highest BCUT2D eigenvalue weighted by molar-refractivity contribution is 5.67. The van der Waals surface area contributed by atoms with E-state index < -0.39 is 17.3 Å². The molecule has 3 fully saturated rings. The van der Waals surface area contributed by atoms with E-state index in [1.165, 1.54) is 20.8 Å². The number of fused-ring (bicyclic) bond motifs is 5. The summed E-state index contributed by atoms with van der Waals surface area (Å²) in [7, 11) is 0. The number of carbonyl (C=O) groups is 3. The van der Waals surface area contributed by atoms with Crippen LogP contribution in [0.2, 0.25) is 0 Å². The first-order valence-corrected chi connectivity index (χ1v) is 12.2. The Bertz CT molecular complexity index is 804. The van der Waals surface area contributed by atoms with Crippen LogP contribution in [0.5, 0.6) is 0 Å². The highest BCUT2D eigenvalue weighted by atomic mass is 16.6. The van der Waals surface area contributed by atoms with Crippen molar-refractivity contribution in [3.63, 3.8) is 0 Å². The van der Waals surface area contributed by atoms with Crippen molar-refractivity contribution in [1.82, 2.24) is 0 Å². The summed E-state index contributed by atoms with van der Waals surface area (Å²) in [6.45, 7) is 16.8. The van der Waals surface area contributed by atoms with E-state index in [-0.39, 0.29) is 42.0 Å². The fraction of sp³-hybridized carbons (Fsp3) is 0.808. The van der Waals surface area contributed by atoms with Gasteiger partial charge >= 0.3 is 17.9 Å². The third-order valence-electron chi connectivity index (χ3n) is 8.00. The SMILES string of the molecule is C=C1C[C@H]2O[C@H]([C@H]3[C@@H]2C(C)(OC(C)=O)CC[C@@H]3C(C)C)C(C)(OC(C)=O)CC[C@@H]1OC(C)=O. The fourth-order valence-corrected chi connectivity index (χ4v) is 6.79. The van der Waals surface area contributed by atoms with Crippen LogP contribution >= 0.6 is 0 Å². The Hall–Kier alpha value is -1.89. The van der Waals surface area contributed by atoms with Gasteiger partial charge in [0.05, 0.1) is 6.10 Å². The van der Waals surface area contributed by atoms with Gasteiger partial charge in [0.25, 0.3) is 0 Å². The third kappa shape index (κ3) is 5.13. The summed E-state index contributed by atoms with van der Waals surface area (Å²) < 4.78 is 24.3. The van der Waals surface area contributed by atoms with Gasteiger partial charge in [0.2, 0.25) is 0 Å². The minimum Gasteiger partial charge on any atom is -0.459 e. The lowest BCUT2D eigenvalue weighted by Crippen LogP contribution is -2.56. The van der Waals surface area contributed by atoms with Crippen LogP contribution in [0.25, 0.3) is 0 Å². The van der Waals surface area contributed by atoms with E-state index in [2.05, 4.69) is 20.4 Å². The van der Waals surface area contributed by atoms with Crippen LogP contribution < -0.4 is 0 Å². The second-order valence-electron chi connectivity index (χ2n) is 11.0. The first kappa shape index (κ1) is 25.7. The molecule has 2 heterocycles. The molecule has 0 amide bonds. The van der Waals surface area contributed by atoms with E-state index in [1.807, 2.05) is 13.8 Å². The van der Waals surface area contributed by atoms with E-state index in [4.69, 9.17) is 18.9 Å². The quantitative estimate of drug-likeness (QED) is 0.347. The van der Waals surface area contributed by atoms with E-state index in [0.717, 1.165) is 18.4 Å². The zero-order valence-electron chi connectivity index (χ0n) is 21.1. The number of hydrogen-bond donors (Lipinski definition) is 0. The molecule has 0 aromatic heterocycles. The number of esters is 3. The second kappa shape index (κ2) is 9.40. The standard InChI is InChI=1S/C26H40O7/c1-14(2)19-9-11-25(7,32-17(5)28)23-21-13-15(3)20(30-16(4)27)10-12-26(8,33-18(6)29)24(31-21)22(19)23/h14,19-24H,3,9-13H2,1-2,4-8H3/t19-,20+,21-,22-,23-,24-,25?,26?/m1/s1. The maximum atomic E-state index is 12.2. The Balaban J connectivity index is 2.12. The van der Waals surface area contributed by atoms with Crippen LogP contribution in [0.4, 0.5) is 0 Å². The van der Waals surface area contributed by atoms with Crippen LogP contribution in [-0.2, 0) is 33.3 Å². The summed E-state index contributed by atoms with van der Waals surface area (Å²) in [6, 6.07) is 0. The van der Waals surface area contributed by atoms with Gasteiger partial charge in [-0.25, -0.2) is 0 Å². The molecule has 0 radical (unpaired) electrons. The summed E-state index contributed by atoms with van der Waals surface area (Å²) in [4.78, 5) is 36.1. The topological polar surface area (TPSA) is 88.1 Å². The molecular weight excluding hydrogens is 424 g/mol. The van der Waals surface area contributed by atoms with Crippen LogP contribution in [0.3, 0.4) is 0 Å². The molecule has 33 heavy (non-hydrogen) atoms. The van der Waals surface area contributed by atoms with Gasteiger partial charge in [-0.3, -0.25) is 14.4 Å². The van der Waals surface area contributed by atoms with E-state index in [9.17, 15) is 14.4 Å². The molecule has 1 aliphatic carbocycles. The van der Waals surface area contributed by atoms with Gasteiger partial charge in [-0.1, -0.05) is 20.4 Å². The fourth-order valence-electron chi connectivity index (χ4n) is 6.79. The average Bonchev–Trinajstić information content (AvgIpc) is 3.05. The summed E-state index contributed by atoms with van der Waals surface area (Å²) in [5, 5.41) is 0. The molecule has 0 aromatic carbocycles. The van der Waals surface area contributed by atoms with Crippen molar-refractivity contribution in [2.75, 3.05) is 0 Å². The second-order valence-corrected chi connectivity index (χ2v) is 11.0. The lowest BCUT2D eigenvalue weighted by atomic mass is 9.57.